The molecule has 0 aromatic heterocycles. The van der Waals surface area contributed by atoms with E-state index < -0.39 is 5.60 Å². The Morgan fingerprint density at radius 2 is 1.76 bits per heavy atom. The smallest absolute Gasteiger partial charge is 0.410 e. The van der Waals surface area contributed by atoms with E-state index in [1.807, 2.05) is 25.7 Å². The van der Waals surface area contributed by atoms with Crippen molar-refractivity contribution in [2.24, 2.45) is 5.90 Å². The first-order valence-electron chi connectivity index (χ1n) is 6.27. The number of rotatable bonds is 1. The van der Waals surface area contributed by atoms with E-state index in [2.05, 4.69) is 0 Å². The molecule has 98 valence electrons. The molecule has 17 heavy (non-hydrogen) atoms. The van der Waals surface area contributed by atoms with Gasteiger partial charge < -0.3 is 14.5 Å². The topological polar surface area (TPSA) is 64.8 Å². The fraction of sp³-hybridized carbons (Fsp3) is 0.917. The third-order valence-electron chi connectivity index (χ3n) is 3.49. The Morgan fingerprint density at radius 3 is 2.18 bits per heavy atom. The first-order chi connectivity index (χ1) is 7.90. The van der Waals surface area contributed by atoms with E-state index in [1.165, 1.54) is 0 Å². The van der Waals surface area contributed by atoms with Gasteiger partial charge in [0.1, 0.15) is 5.60 Å². The Morgan fingerprint density at radius 1 is 1.24 bits per heavy atom. The number of nitrogens with two attached hydrogens (primary N) is 1. The molecule has 2 heterocycles. The summed E-state index contributed by atoms with van der Waals surface area (Å²) in [6.45, 7) is 5.67. The van der Waals surface area contributed by atoms with Gasteiger partial charge >= 0.3 is 6.09 Å². The summed E-state index contributed by atoms with van der Waals surface area (Å²) in [6, 6.07) is 0.467. The number of ether oxygens (including phenoxy) is 1. The summed E-state index contributed by atoms with van der Waals surface area (Å²) in [7, 11) is 0. The monoisotopic (exact) mass is 242 g/mol. The van der Waals surface area contributed by atoms with Crippen LogP contribution < -0.4 is 5.90 Å². The number of hydrogen-bond acceptors (Lipinski definition) is 4. The molecule has 0 radical (unpaired) electrons. The zero-order valence-corrected chi connectivity index (χ0v) is 10.8. The summed E-state index contributed by atoms with van der Waals surface area (Å²) in [4.78, 5) is 18.9. The lowest BCUT2D eigenvalue weighted by Gasteiger charge is -2.38. The molecule has 0 aliphatic carbocycles. The standard InChI is InChI=1S/C12H22N2O3/c1-12(2,3)16-11(15)14-8-4-5-9(14)7-10(6-8)17-13/h8-10H,4-7,13H2,1-3H3. The molecular weight excluding hydrogens is 220 g/mol. The van der Waals surface area contributed by atoms with Crippen molar-refractivity contribution >= 4 is 6.09 Å². The Labute approximate surface area is 102 Å². The van der Waals surface area contributed by atoms with Crippen LogP contribution in [0.4, 0.5) is 4.79 Å². The highest BCUT2D eigenvalue weighted by Crippen LogP contribution is 2.37. The van der Waals surface area contributed by atoms with Gasteiger partial charge in [-0.1, -0.05) is 0 Å². The molecule has 2 unspecified atom stereocenters. The van der Waals surface area contributed by atoms with E-state index in [1.54, 1.807) is 0 Å². The normalized spacial score (nSPS) is 32.7. The molecule has 2 aliphatic heterocycles. The predicted molar refractivity (Wildman–Crippen MR) is 63.2 cm³/mol. The molecule has 0 spiro atoms. The van der Waals surface area contributed by atoms with Gasteiger partial charge in [0.05, 0.1) is 6.10 Å². The van der Waals surface area contributed by atoms with E-state index >= 15 is 0 Å². The van der Waals surface area contributed by atoms with Gasteiger partial charge in [0.2, 0.25) is 0 Å². The predicted octanol–water partition coefficient (Wildman–Crippen LogP) is 1.81. The summed E-state index contributed by atoms with van der Waals surface area (Å²) in [5, 5.41) is 0. The molecule has 2 fully saturated rings. The molecule has 0 aromatic carbocycles. The summed E-state index contributed by atoms with van der Waals surface area (Å²) < 4.78 is 5.44. The van der Waals surface area contributed by atoms with Crippen LogP contribution in [0.25, 0.3) is 0 Å². The van der Waals surface area contributed by atoms with E-state index in [-0.39, 0.29) is 24.3 Å². The van der Waals surface area contributed by atoms with Gasteiger partial charge in [-0.05, 0) is 46.5 Å². The van der Waals surface area contributed by atoms with Crippen LogP contribution in [0.15, 0.2) is 0 Å². The Kier molecular flexibility index (Phi) is 3.32. The van der Waals surface area contributed by atoms with Crippen LogP contribution in [0.3, 0.4) is 0 Å². The second-order valence-corrected chi connectivity index (χ2v) is 6.00. The maximum absolute atomic E-state index is 12.1. The number of carbonyl (C=O) groups is 1. The van der Waals surface area contributed by atoms with Crippen molar-refractivity contribution in [2.45, 2.75) is 70.2 Å². The van der Waals surface area contributed by atoms with Gasteiger partial charge in [-0.3, -0.25) is 0 Å². The fourth-order valence-electron chi connectivity index (χ4n) is 2.85. The van der Waals surface area contributed by atoms with Crippen LogP contribution in [-0.2, 0) is 9.57 Å². The SMILES string of the molecule is CC(C)(C)OC(=O)N1C2CCC1CC(ON)C2. The number of carbonyl (C=O) groups excluding carboxylic acids is 1. The van der Waals surface area contributed by atoms with Crippen molar-refractivity contribution in [2.75, 3.05) is 0 Å². The lowest BCUT2D eigenvalue weighted by Crippen LogP contribution is -2.50. The number of hydrogen-bond donors (Lipinski definition) is 1. The van der Waals surface area contributed by atoms with Crippen LogP contribution in [0.2, 0.25) is 0 Å². The van der Waals surface area contributed by atoms with E-state index in [0.29, 0.717) is 0 Å². The zero-order valence-electron chi connectivity index (χ0n) is 10.8. The molecule has 2 bridgehead atoms. The van der Waals surface area contributed by atoms with Gasteiger partial charge in [-0.15, -0.1) is 0 Å². The van der Waals surface area contributed by atoms with Crippen LogP contribution in [0.1, 0.15) is 46.5 Å². The molecular formula is C12H22N2O3. The van der Waals surface area contributed by atoms with Crippen molar-refractivity contribution in [1.82, 2.24) is 4.90 Å². The Hall–Kier alpha value is -0.810. The highest BCUT2D eigenvalue weighted by Gasteiger charge is 2.45. The molecule has 5 heteroatoms. The van der Waals surface area contributed by atoms with Crippen molar-refractivity contribution in [3.05, 3.63) is 0 Å². The molecule has 2 atom stereocenters. The Balaban J connectivity index is 2.01. The average molecular weight is 242 g/mol. The van der Waals surface area contributed by atoms with E-state index in [9.17, 15) is 4.79 Å². The van der Waals surface area contributed by atoms with Crippen LogP contribution in [-0.4, -0.2) is 34.8 Å². The highest BCUT2D eigenvalue weighted by atomic mass is 16.6. The third kappa shape index (κ3) is 2.72. The summed E-state index contributed by atoms with van der Waals surface area (Å²) in [5.41, 5.74) is -0.433. The van der Waals surface area contributed by atoms with Crippen molar-refractivity contribution in [3.8, 4) is 0 Å². The molecule has 2 rings (SSSR count). The third-order valence-corrected chi connectivity index (χ3v) is 3.49. The fourth-order valence-corrected chi connectivity index (χ4v) is 2.85. The molecule has 2 aliphatic rings. The molecule has 5 nitrogen and oxygen atoms in total. The first-order valence-corrected chi connectivity index (χ1v) is 6.27. The maximum atomic E-state index is 12.1. The second kappa shape index (κ2) is 4.46. The minimum absolute atomic E-state index is 0.0891. The van der Waals surface area contributed by atoms with Gasteiger partial charge in [0.25, 0.3) is 0 Å². The molecule has 0 aromatic rings. The molecule has 1 amide bonds. The van der Waals surface area contributed by atoms with Crippen molar-refractivity contribution in [1.29, 1.82) is 0 Å². The minimum atomic E-state index is -0.433. The van der Waals surface area contributed by atoms with Gasteiger partial charge in [0, 0.05) is 12.1 Å². The van der Waals surface area contributed by atoms with Crippen molar-refractivity contribution in [3.63, 3.8) is 0 Å². The van der Waals surface area contributed by atoms with E-state index in [4.69, 9.17) is 15.5 Å². The summed E-state index contributed by atoms with van der Waals surface area (Å²) in [5.74, 6) is 5.24. The number of piperidine rings is 1. The van der Waals surface area contributed by atoms with Gasteiger partial charge in [0.15, 0.2) is 0 Å². The van der Waals surface area contributed by atoms with Crippen LogP contribution in [0.5, 0.6) is 0 Å². The Bertz CT molecular complexity index is 287. The average Bonchev–Trinajstić information content (AvgIpc) is 2.47. The summed E-state index contributed by atoms with van der Waals surface area (Å²) in [6.07, 6.45) is 3.61. The molecule has 0 saturated carbocycles. The highest BCUT2D eigenvalue weighted by molar-refractivity contribution is 5.69. The zero-order chi connectivity index (χ0) is 12.6. The number of amides is 1. The van der Waals surface area contributed by atoms with Crippen molar-refractivity contribution < 1.29 is 14.4 Å². The molecule has 2 N–H and O–H groups in total. The number of fused-ring (bicyclic) bond motifs is 2. The minimum Gasteiger partial charge on any atom is -0.444 e. The second-order valence-electron chi connectivity index (χ2n) is 6.00. The maximum Gasteiger partial charge on any atom is 0.410 e. The largest absolute Gasteiger partial charge is 0.444 e. The lowest BCUT2D eigenvalue weighted by atomic mass is 10.0. The van der Waals surface area contributed by atoms with E-state index in [0.717, 1.165) is 25.7 Å². The van der Waals surface area contributed by atoms with Gasteiger partial charge in [-0.25, -0.2) is 10.7 Å². The number of nitrogens with zero attached hydrogens (tertiary/aromatic N) is 1. The van der Waals surface area contributed by atoms with Crippen LogP contribution >= 0.6 is 0 Å². The quantitative estimate of drug-likeness (QED) is 0.712. The lowest BCUT2D eigenvalue weighted by molar-refractivity contribution is -0.0353. The summed E-state index contributed by atoms with van der Waals surface area (Å²) >= 11 is 0. The van der Waals surface area contributed by atoms with Gasteiger partial charge in [-0.2, -0.15) is 0 Å². The molecule has 2 saturated heterocycles. The first kappa shape index (κ1) is 12.6. The van der Waals surface area contributed by atoms with Crippen LogP contribution in [0, 0.1) is 0 Å².